The van der Waals surface area contributed by atoms with Gasteiger partial charge in [-0.05, 0) is 24.6 Å². The molecule has 0 bridgehead atoms. The van der Waals surface area contributed by atoms with Crippen LogP contribution in [0.5, 0.6) is 0 Å². The smallest absolute Gasteiger partial charge is 0.305 e. The highest BCUT2D eigenvalue weighted by Crippen LogP contribution is 2.28. The van der Waals surface area contributed by atoms with Crippen molar-refractivity contribution in [2.45, 2.75) is 19.1 Å². The molecule has 3 rings (SSSR count). The number of halogens is 1. The summed E-state index contributed by atoms with van der Waals surface area (Å²) in [5.41, 5.74) is 0.859. The number of rotatable bonds is 3. The van der Waals surface area contributed by atoms with E-state index < -0.39 is 4.92 Å². The lowest BCUT2D eigenvalue weighted by Crippen LogP contribution is -2.46. The molecule has 23 heavy (non-hydrogen) atoms. The molecule has 0 radical (unpaired) electrons. The van der Waals surface area contributed by atoms with Crippen LogP contribution in [0.3, 0.4) is 0 Å². The lowest BCUT2D eigenvalue weighted by molar-refractivity contribution is -0.385. The number of anilines is 1. The van der Waals surface area contributed by atoms with Crippen molar-refractivity contribution in [2.75, 3.05) is 18.1 Å². The van der Waals surface area contributed by atoms with Crippen molar-refractivity contribution in [1.82, 2.24) is 9.97 Å². The fourth-order valence-corrected chi connectivity index (χ4v) is 2.70. The van der Waals surface area contributed by atoms with Crippen LogP contribution in [0.4, 0.5) is 11.6 Å². The number of ether oxygens (including phenoxy) is 1. The average molecular weight is 335 g/mol. The molecule has 1 fully saturated rings. The lowest BCUT2D eigenvalue weighted by atomic mass is 10.1. The van der Waals surface area contributed by atoms with E-state index in [0.29, 0.717) is 24.1 Å². The minimum atomic E-state index is -0.513. The largest absolute Gasteiger partial charge is 0.370 e. The summed E-state index contributed by atoms with van der Waals surface area (Å²) in [5, 5.41) is 11.4. The third-order valence-electron chi connectivity index (χ3n) is 3.75. The number of hydrogen-bond donors (Lipinski definition) is 0. The quantitative estimate of drug-likeness (QED) is 0.634. The minimum absolute atomic E-state index is 0.0758. The Balaban J connectivity index is 1.82. The summed E-state index contributed by atoms with van der Waals surface area (Å²) in [5.74, 6) is 0.457. The van der Waals surface area contributed by atoms with Gasteiger partial charge >= 0.3 is 5.69 Å². The van der Waals surface area contributed by atoms with Crippen LogP contribution >= 0.6 is 11.6 Å². The molecule has 0 amide bonds. The monoisotopic (exact) mass is 334 g/mol. The van der Waals surface area contributed by atoms with E-state index in [4.69, 9.17) is 16.3 Å². The summed E-state index contributed by atoms with van der Waals surface area (Å²) in [6.07, 6.45) is 2.29. The van der Waals surface area contributed by atoms with Gasteiger partial charge < -0.3 is 9.64 Å². The zero-order valence-corrected chi connectivity index (χ0v) is 13.2. The summed E-state index contributed by atoms with van der Waals surface area (Å²) in [4.78, 5) is 20.4. The van der Waals surface area contributed by atoms with E-state index in [-0.39, 0.29) is 17.8 Å². The minimum Gasteiger partial charge on any atom is -0.370 e. The van der Waals surface area contributed by atoms with Gasteiger partial charge in [-0.3, -0.25) is 10.1 Å². The fraction of sp³-hybridized carbons (Fsp3) is 0.333. The SMILES string of the molecule is C[C@@H]1CO[C@@H](c2cccc(Cl)c2)CN1c1ncc([N+](=O)[O-])cn1. The molecule has 1 saturated heterocycles. The number of nitrogens with zero attached hydrogens (tertiary/aromatic N) is 4. The van der Waals surface area contributed by atoms with Gasteiger partial charge in [0.1, 0.15) is 18.5 Å². The summed E-state index contributed by atoms with van der Waals surface area (Å²) in [6.45, 7) is 3.07. The van der Waals surface area contributed by atoms with Crippen molar-refractivity contribution in [3.8, 4) is 0 Å². The van der Waals surface area contributed by atoms with Gasteiger partial charge in [0.25, 0.3) is 0 Å². The summed E-state index contributed by atoms with van der Waals surface area (Å²) in [6, 6.07) is 7.60. The first-order valence-corrected chi connectivity index (χ1v) is 7.52. The Bertz CT molecular complexity index is 710. The molecule has 1 aromatic heterocycles. The first-order chi connectivity index (χ1) is 11.0. The van der Waals surface area contributed by atoms with E-state index in [9.17, 15) is 10.1 Å². The van der Waals surface area contributed by atoms with Crippen LogP contribution in [0, 0.1) is 10.1 Å². The van der Waals surface area contributed by atoms with Crippen molar-refractivity contribution in [3.05, 3.63) is 57.4 Å². The van der Waals surface area contributed by atoms with E-state index >= 15 is 0 Å². The molecule has 0 saturated carbocycles. The molecule has 8 heteroatoms. The molecule has 120 valence electrons. The second-order valence-corrected chi connectivity index (χ2v) is 5.81. The van der Waals surface area contributed by atoms with Crippen LogP contribution < -0.4 is 4.90 Å². The number of morpholine rings is 1. The normalized spacial score (nSPS) is 21.2. The second-order valence-electron chi connectivity index (χ2n) is 5.38. The molecular weight excluding hydrogens is 320 g/mol. The van der Waals surface area contributed by atoms with Crippen molar-refractivity contribution in [2.24, 2.45) is 0 Å². The molecule has 7 nitrogen and oxygen atoms in total. The van der Waals surface area contributed by atoms with E-state index in [1.54, 1.807) is 0 Å². The maximum Gasteiger partial charge on any atom is 0.305 e. The molecule has 1 aliphatic rings. The molecule has 2 atom stereocenters. The number of aromatic nitrogens is 2. The third kappa shape index (κ3) is 3.40. The van der Waals surface area contributed by atoms with Crippen LogP contribution in [0.15, 0.2) is 36.7 Å². The lowest BCUT2D eigenvalue weighted by Gasteiger charge is -2.38. The first kappa shape index (κ1) is 15.6. The van der Waals surface area contributed by atoms with E-state index in [1.165, 1.54) is 12.4 Å². The molecule has 0 aliphatic carbocycles. The van der Waals surface area contributed by atoms with Crippen LogP contribution in [-0.4, -0.2) is 34.1 Å². The highest BCUT2D eigenvalue weighted by atomic mass is 35.5. The van der Waals surface area contributed by atoms with Crippen molar-refractivity contribution >= 4 is 23.2 Å². The molecule has 1 aliphatic heterocycles. The second kappa shape index (κ2) is 6.47. The fourth-order valence-electron chi connectivity index (χ4n) is 2.50. The predicted molar refractivity (Wildman–Crippen MR) is 85.6 cm³/mol. The Morgan fingerprint density at radius 2 is 2.13 bits per heavy atom. The zero-order valence-electron chi connectivity index (χ0n) is 12.4. The van der Waals surface area contributed by atoms with Gasteiger partial charge in [-0.2, -0.15) is 0 Å². The van der Waals surface area contributed by atoms with Gasteiger partial charge in [0.05, 0.1) is 24.1 Å². The molecule has 0 N–H and O–H groups in total. The number of nitro groups is 1. The highest BCUT2D eigenvalue weighted by Gasteiger charge is 2.29. The maximum absolute atomic E-state index is 10.7. The van der Waals surface area contributed by atoms with E-state index in [0.717, 1.165) is 5.56 Å². The molecule has 2 aromatic rings. The molecule has 0 spiro atoms. The summed E-state index contributed by atoms with van der Waals surface area (Å²) in [7, 11) is 0. The summed E-state index contributed by atoms with van der Waals surface area (Å²) < 4.78 is 5.88. The van der Waals surface area contributed by atoms with Crippen molar-refractivity contribution in [1.29, 1.82) is 0 Å². The molecule has 0 unspecified atom stereocenters. The maximum atomic E-state index is 10.7. The van der Waals surface area contributed by atoms with E-state index in [2.05, 4.69) is 9.97 Å². The van der Waals surface area contributed by atoms with Gasteiger partial charge in [0.2, 0.25) is 5.95 Å². The zero-order chi connectivity index (χ0) is 16.4. The van der Waals surface area contributed by atoms with Gasteiger partial charge in [-0.15, -0.1) is 0 Å². The highest BCUT2D eigenvalue weighted by molar-refractivity contribution is 6.30. The Labute approximate surface area is 138 Å². The molecular formula is C15H15ClN4O3. The Kier molecular flexibility index (Phi) is 4.40. The number of hydrogen-bond acceptors (Lipinski definition) is 6. The Morgan fingerprint density at radius 3 is 2.78 bits per heavy atom. The number of benzene rings is 1. The molecule has 2 heterocycles. The first-order valence-electron chi connectivity index (χ1n) is 7.14. The van der Waals surface area contributed by atoms with Crippen LogP contribution in [0.2, 0.25) is 5.02 Å². The van der Waals surface area contributed by atoms with Crippen LogP contribution in [-0.2, 0) is 4.74 Å². The van der Waals surface area contributed by atoms with Crippen LogP contribution in [0.25, 0.3) is 0 Å². The van der Waals surface area contributed by atoms with Gasteiger partial charge in [-0.1, -0.05) is 23.7 Å². The topological polar surface area (TPSA) is 81.4 Å². The standard InChI is InChI=1S/C15H15ClN4O3/c1-10-9-23-14(11-3-2-4-12(16)5-11)8-19(10)15-17-6-13(7-18-15)20(21)22/h2-7,10,14H,8-9H2,1H3/t10-,14-/m1/s1. The Morgan fingerprint density at radius 1 is 1.39 bits per heavy atom. The van der Waals surface area contributed by atoms with Gasteiger partial charge in [0, 0.05) is 5.02 Å². The van der Waals surface area contributed by atoms with Gasteiger partial charge in [-0.25, -0.2) is 9.97 Å². The third-order valence-corrected chi connectivity index (χ3v) is 3.98. The van der Waals surface area contributed by atoms with Crippen molar-refractivity contribution in [3.63, 3.8) is 0 Å². The molecule has 1 aromatic carbocycles. The summed E-state index contributed by atoms with van der Waals surface area (Å²) >= 11 is 6.04. The Hall–Kier alpha value is -2.25. The van der Waals surface area contributed by atoms with Crippen LogP contribution in [0.1, 0.15) is 18.6 Å². The van der Waals surface area contributed by atoms with Crippen molar-refractivity contribution < 1.29 is 9.66 Å². The predicted octanol–water partition coefficient (Wildman–Crippen LogP) is 3.00. The average Bonchev–Trinajstić information content (AvgIpc) is 2.55. The van der Waals surface area contributed by atoms with E-state index in [1.807, 2.05) is 36.1 Å². The van der Waals surface area contributed by atoms with Gasteiger partial charge in [0.15, 0.2) is 0 Å².